The highest BCUT2D eigenvalue weighted by molar-refractivity contribution is 5.80. The first kappa shape index (κ1) is 32.6. The van der Waals surface area contributed by atoms with Crippen LogP contribution in [0.1, 0.15) is 77.6 Å². The van der Waals surface area contributed by atoms with Crippen LogP contribution in [0.15, 0.2) is 0 Å². The Morgan fingerprint density at radius 1 is 1.00 bits per heavy atom. The minimum absolute atomic E-state index is 0.00818. The molecule has 236 valence electrons. The molecule has 0 radical (unpaired) electrons. The highest BCUT2D eigenvalue weighted by Crippen LogP contribution is 2.33. The number of nitrogens with zero attached hydrogens (tertiary/aromatic N) is 2. The third-order valence-electron chi connectivity index (χ3n) is 10.7. The Morgan fingerprint density at radius 2 is 1.68 bits per heavy atom. The van der Waals surface area contributed by atoms with E-state index in [4.69, 9.17) is 11.5 Å². The summed E-state index contributed by atoms with van der Waals surface area (Å²) in [5, 5.41) is 9.96. The van der Waals surface area contributed by atoms with Crippen LogP contribution >= 0.6 is 0 Å². The molecule has 10 heteroatoms. The Hall–Kier alpha value is -1.33. The van der Waals surface area contributed by atoms with Gasteiger partial charge >= 0.3 is 0 Å². The van der Waals surface area contributed by atoms with E-state index in [1.54, 1.807) is 0 Å². The van der Waals surface area contributed by atoms with E-state index in [-0.39, 0.29) is 30.5 Å². The molecular formula is C31H58FN7O2. The zero-order chi connectivity index (χ0) is 29.4. The Labute approximate surface area is 247 Å². The first-order valence-corrected chi connectivity index (χ1v) is 16.6. The molecular weight excluding hydrogens is 521 g/mol. The quantitative estimate of drug-likeness (QED) is 0.223. The first-order chi connectivity index (χ1) is 19.7. The molecule has 3 saturated heterocycles. The van der Waals surface area contributed by atoms with Gasteiger partial charge in [-0.1, -0.05) is 25.7 Å². The van der Waals surface area contributed by atoms with Crippen LogP contribution in [0.5, 0.6) is 0 Å². The number of hydrogen-bond donors (Lipinski definition) is 5. The van der Waals surface area contributed by atoms with Crippen molar-refractivity contribution in [2.45, 2.75) is 102 Å². The molecule has 0 spiro atoms. The van der Waals surface area contributed by atoms with Crippen LogP contribution in [-0.2, 0) is 9.59 Å². The SMILES string of the molecule is CC(NCC(F)CCC1CCCC1)C(C(=O)NC1CNCCC1C1CCN(C(=O)C2CCN(C)CC2)CC1)C(N)N. The van der Waals surface area contributed by atoms with Gasteiger partial charge in [-0.15, -0.1) is 0 Å². The molecule has 2 amide bonds. The molecule has 5 atom stereocenters. The van der Waals surface area contributed by atoms with E-state index >= 15 is 0 Å². The fraction of sp³-hybridized carbons (Fsp3) is 0.935. The summed E-state index contributed by atoms with van der Waals surface area (Å²) in [6.45, 7) is 7.36. The van der Waals surface area contributed by atoms with Gasteiger partial charge in [-0.05, 0) is 96.3 Å². The Balaban J connectivity index is 1.25. The van der Waals surface area contributed by atoms with Crippen LogP contribution in [-0.4, -0.2) is 98.9 Å². The van der Waals surface area contributed by atoms with Gasteiger partial charge < -0.3 is 37.2 Å². The molecule has 4 rings (SSSR count). The van der Waals surface area contributed by atoms with Gasteiger partial charge in [0.15, 0.2) is 0 Å². The van der Waals surface area contributed by atoms with Crippen molar-refractivity contribution in [1.82, 2.24) is 25.8 Å². The molecule has 4 fully saturated rings. The molecule has 1 saturated carbocycles. The van der Waals surface area contributed by atoms with E-state index in [1.165, 1.54) is 25.7 Å². The molecule has 7 N–H and O–H groups in total. The maximum absolute atomic E-state index is 14.7. The van der Waals surface area contributed by atoms with E-state index < -0.39 is 18.3 Å². The van der Waals surface area contributed by atoms with E-state index in [1.807, 2.05) is 6.92 Å². The lowest BCUT2D eigenvalue weighted by Gasteiger charge is -2.43. The van der Waals surface area contributed by atoms with Crippen molar-refractivity contribution in [2.75, 3.05) is 52.9 Å². The van der Waals surface area contributed by atoms with Gasteiger partial charge in [0.2, 0.25) is 11.8 Å². The summed E-state index contributed by atoms with van der Waals surface area (Å²) < 4.78 is 14.7. The number of likely N-dealkylation sites (tertiary alicyclic amines) is 2. The number of halogens is 1. The fourth-order valence-corrected chi connectivity index (χ4v) is 7.94. The lowest BCUT2D eigenvalue weighted by atomic mass is 9.76. The average Bonchev–Trinajstić information content (AvgIpc) is 3.49. The molecule has 9 nitrogen and oxygen atoms in total. The predicted molar refractivity (Wildman–Crippen MR) is 162 cm³/mol. The number of rotatable bonds is 12. The molecule has 0 aromatic carbocycles. The highest BCUT2D eigenvalue weighted by atomic mass is 19.1. The molecule has 0 aromatic heterocycles. The smallest absolute Gasteiger partial charge is 0.227 e. The number of nitrogens with one attached hydrogen (secondary N) is 3. The van der Waals surface area contributed by atoms with Gasteiger partial charge in [-0.25, -0.2) is 4.39 Å². The van der Waals surface area contributed by atoms with Crippen LogP contribution in [0, 0.1) is 29.6 Å². The predicted octanol–water partition coefficient (Wildman–Crippen LogP) is 1.81. The monoisotopic (exact) mass is 579 g/mol. The van der Waals surface area contributed by atoms with Crippen molar-refractivity contribution in [1.29, 1.82) is 0 Å². The largest absolute Gasteiger partial charge is 0.351 e. The van der Waals surface area contributed by atoms with Gasteiger partial charge in [0, 0.05) is 44.2 Å². The molecule has 0 aromatic rings. The van der Waals surface area contributed by atoms with Gasteiger partial charge in [0.1, 0.15) is 6.17 Å². The van der Waals surface area contributed by atoms with Gasteiger partial charge in [0.25, 0.3) is 0 Å². The van der Waals surface area contributed by atoms with E-state index in [0.717, 1.165) is 71.2 Å². The minimum Gasteiger partial charge on any atom is -0.351 e. The standard InChI is InChI=1S/C31H58FN7O2/c1-21(36-19-25(32)8-7-22-5-3-4-6-22)28(29(33)34)30(40)37-27-20-35-14-9-26(27)23-12-17-39(18-13-23)31(41)24-10-15-38(2)16-11-24/h21-29,35-36H,3-20,33-34H2,1-2H3,(H,37,40). The Bertz CT molecular complexity index is 810. The van der Waals surface area contributed by atoms with Crippen LogP contribution in [0.3, 0.4) is 0 Å². The first-order valence-electron chi connectivity index (χ1n) is 16.6. The van der Waals surface area contributed by atoms with Crippen molar-refractivity contribution >= 4 is 11.8 Å². The summed E-state index contributed by atoms with van der Waals surface area (Å²) in [7, 11) is 2.12. The minimum atomic E-state index is -0.931. The topological polar surface area (TPSA) is 129 Å². The number of nitrogens with two attached hydrogens (primary N) is 2. The third-order valence-corrected chi connectivity index (χ3v) is 10.7. The maximum atomic E-state index is 14.7. The lowest BCUT2D eigenvalue weighted by molar-refractivity contribution is -0.138. The van der Waals surface area contributed by atoms with Crippen LogP contribution in [0.4, 0.5) is 4.39 Å². The van der Waals surface area contributed by atoms with Crippen LogP contribution < -0.4 is 27.4 Å². The number of piperidine rings is 3. The summed E-state index contributed by atoms with van der Waals surface area (Å²) in [6.07, 6.45) is 9.62. The molecule has 0 bridgehead atoms. The Morgan fingerprint density at radius 3 is 2.34 bits per heavy atom. The average molecular weight is 580 g/mol. The molecule has 41 heavy (non-hydrogen) atoms. The van der Waals surface area contributed by atoms with Crippen molar-refractivity contribution in [3.63, 3.8) is 0 Å². The number of amides is 2. The van der Waals surface area contributed by atoms with Gasteiger partial charge in [-0.3, -0.25) is 9.59 Å². The summed E-state index contributed by atoms with van der Waals surface area (Å²) >= 11 is 0. The molecule has 5 unspecified atom stereocenters. The van der Waals surface area contributed by atoms with Crippen LogP contribution in [0.2, 0.25) is 0 Å². The summed E-state index contributed by atoms with van der Waals surface area (Å²) in [5.74, 6) is 1.19. The third kappa shape index (κ3) is 9.33. The van der Waals surface area contributed by atoms with Crippen molar-refractivity contribution < 1.29 is 14.0 Å². The zero-order valence-corrected chi connectivity index (χ0v) is 25.7. The van der Waals surface area contributed by atoms with Crippen molar-refractivity contribution in [3.8, 4) is 0 Å². The summed E-state index contributed by atoms with van der Waals surface area (Å²) in [4.78, 5) is 31.0. The van der Waals surface area contributed by atoms with Gasteiger partial charge in [-0.2, -0.15) is 0 Å². The highest BCUT2D eigenvalue weighted by Gasteiger charge is 2.39. The second kappa shape index (κ2) is 15.9. The maximum Gasteiger partial charge on any atom is 0.227 e. The fourth-order valence-electron chi connectivity index (χ4n) is 7.94. The lowest BCUT2D eigenvalue weighted by Crippen LogP contribution is -2.60. The number of carbonyl (C=O) groups is 2. The normalized spacial score (nSPS) is 28.1. The van der Waals surface area contributed by atoms with E-state index in [0.29, 0.717) is 36.6 Å². The zero-order valence-electron chi connectivity index (χ0n) is 25.7. The molecule has 3 heterocycles. The molecule has 1 aliphatic carbocycles. The number of carbonyl (C=O) groups excluding carboxylic acids is 2. The number of hydrogen-bond acceptors (Lipinski definition) is 7. The van der Waals surface area contributed by atoms with E-state index in [9.17, 15) is 14.0 Å². The van der Waals surface area contributed by atoms with Crippen molar-refractivity contribution in [2.24, 2.45) is 41.1 Å². The summed E-state index contributed by atoms with van der Waals surface area (Å²) in [6, 6.07) is -0.338. The summed E-state index contributed by atoms with van der Waals surface area (Å²) in [5.41, 5.74) is 12.2. The number of alkyl halides is 1. The molecule has 3 aliphatic heterocycles. The van der Waals surface area contributed by atoms with E-state index in [2.05, 4.69) is 32.8 Å². The second-order valence-corrected chi connectivity index (χ2v) is 13.6. The van der Waals surface area contributed by atoms with Crippen molar-refractivity contribution in [3.05, 3.63) is 0 Å². The second-order valence-electron chi connectivity index (χ2n) is 13.6. The van der Waals surface area contributed by atoms with Crippen LogP contribution in [0.25, 0.3) is 0 Å². The Kier molecular flexibility index (Phi) is 12.7. The molecule has 4 aliphatic rings. The van der Waals surface area contributed by atoms with Gasteiger partial charge in [0.05, 0.1) is 12.1 Å².